The first-order chi connectivity index (χ1) is 12.6. The van der Waals surface area contributed by atoms with Gasteiger partial charge in [0.2, 0.25) is 10.0 Å². The van der Waals surface area contributed by atoms with E-state index in [1.165, 1.54) is 0 Å². The zero-order valence-corrected chi connectivity index (χ0v) is 16.1. The Morgan fingerprint density at radius 2 is 1.73 bits per heavy atom. The van der Waals surface area contributed by atoms with Crippen LogP contribution in [0.15, 0.2) is 70.6 Å². The minimum atomic E-state index is -3.45. The number of piperidine rings is 1. The molecule has 0 N–H and O–H groups in total. The minimum Gasteiger partial charge on any atom is -0.207 e. The van der Waals surface area contributed by atoms with Crippen LogP contribution in [0.25, 0.3) is 10.8 Å². The van der Waals surface area contributed by atoms with Crippen LogP contribution in [-0.4, -0.2) is 25.8 Å². The van der Waals surface area contributed by atoms with E-state index in [9.17, 15) is 8.42 Å². The number of benzene rings is 2. The van der Waals surface area contributed by atoms with Gasteiger partial charge in [-0.05, 0) is 48.1 Å². The van der Waals surface area contributed by atoms with Gasteiger partial charge < -0.3 is 0 Å². The summed E-state index contributed by atoms with van der Waals surface area (Å²) in [6.45, 7) is 1.10. The molecule has 1 saturated heterocycles. The van der Waals surface area contributed by atoms with Crippen molar-refractivity contribution in [1.82, 2.24) is 4.31 Å². The molecule has 0 bridgehead atoms. The highest BCUT2D eigenvalue weighted by molar-refractivity contribution is 7.89. The first-order valence-corrected chi connectivity index (χ1v) is 10.9. The largest absolute Gasteiger partial charge is 0.243 e. The third kappa shape index (κ3) is 3.34. The predicted octanol–water partition coefficient (Wildman–Crippen LogP) is 4.94. The Hall–Kier alpha value is -1.62. The second-order valence-electron chi connectivity index (χ2n) is 7.03. The molecule has 0 spiro atoms. The lowest BCUT2D eigenvalue weighted by Crippen LogP contribution is -2.40. The summed E-state index contributed by atoms with van der Waals surface area (Å²) in [5, 5.41) is 2.91. The van der Waals surface area contributed by atoms with Crippen LogP contribution in [0.5, 0.6) is 0 Å². The number of allylic oxidation sites excluding steroid dienone is 4. The van der Waals surface area contributed by atoms with E-state index in [1.807, 2.05) is 30.3 Å². The Balaban J connectivity index is 1.51. The van der Waals surface area contributed by atoms with Gasteiger partial charge in [0, 0.05) is 24.0 Å². The highest BCUT2D eigenvalue weighted by Gasteiger charge is 2.33. The van der Waals surface area contributed by atoms with Crippen molar-refractivity contribution in [3.8, 4) is 0 Å². The first-order valence-electron chi connectivity index (χ1n) is 9.07. The molecule has 0 amide bonds. The van der Waals surface area contributed by atoms with Crippen molar-refractivity contribution in [3.05, 3.63) is 65.7 Å². The highest BCUT2D eigenvalue weighted by Crippen LogP contribution is 2.36. The van der Waals surface area contributed by atoms with Gasteiger partial charge in [-0.3, -0.25) is 0 Å². The van der Waals surface area contributed by atoms with E-state index in [4.69, 9.17) is 11.6 Å². The Morgan fingerprint density at radius 1 is 1.00 bits per heavy atom. The highest BCUT2D eigenvalue weighted by atomic mass is 35.5. The summed E-state index contributed by atoms with van der Waals surface area (Å²) in [5.74, 6) is 0.661. The summed E-state index contributed by atoms with van der Waals surface area (Å²) in [6.07, 6.45) is 8.96. The van der Waals surface area contributed by atoms with Crippen LogP contribution in [0.4, 0.5) is 0 Å². The monoisotopic (exact) mass is 387 g/mol. The summed E-state index contributed by atoms with van der Waals surface area (Å²) in [4.78, 5) is 0.380. The molecule has 2 aliphatic rings. The predicted molar refractivity (Wildman–Crippen MR) is 107 cm³/mol. The topological polar surface area (TPSA) is 37.4 Å². The quantitative estimate of drug-likeness (QED) is 0.699. The Kier molecular flexibility index (Phi) is 4.91. The second-order valence-corrected chi connectivity index (χ2v) is 9.40. The molecule has 136 valence electrons. The fourth-order valence-corrected chi connectivity index (χ4v) is 5.81. The molecule has 0 radical (unpaired) electrons. The molecule has 4 rings (SSSR count). The van der Waals surface area contributed by atoms with Crippen molar-refractivity contribution < 1.29 is 8.42 Å². The molecule has 2 aromatic carbocycles. The van der Waals surface area contributed by atoms with Crippen LogP contribution in [-0.2, 0) is 10.0 Å². The molecule has 0 aromatic heterocycles. The molecule has 26 heavy (non-hydrogen) atoms. The zero-order valence-electron chi connectivity index (χ0n) is 14.5. The molecule has 0 saturated carbocycles. The van der Waals surface area contributed by atoms with Crippen LogP contribution < -0.4 is 0 Å². The van der Waals surface area contributed by atoms with Crippen molar-refractivity contribution in [3.63, 3.8) is 0 Å². The van der Waals surface area contributed by atoms with Crippen molar-refractivity contribution in [2.75, 3.05) is 13.1 Å². The van der Waals surface area contributed by atoms with E-state index >= 15 is 0 Å². The van der Waals surface area contributed by atoms with Gasteiger partial charge in [0.25, 0.3) is 0 Å². The van der Waals surface area contributed by atoms with E-state index < -0.39 is 10.0 Å². The Bertz CT molecular complexity index is 972. The van der Waals surface area contributed by atoms with E-state index in [0.29, 0.717) is 23.9 Å². The lowest BCUT2D eigenvalue weighted by molar-refractivity contribution is 0.248. The summed E-state index contributed by atoms with van der Waals surface area (Å²) >= 11 is 6.37. The maximum absolute atomic E-state index is 13.1. The number of rotatable bonds is 3. The molecule has 3 nitrogen and oxygen atoms in total. The van der Waals surface area contributed by atoms with Crippen molar-refractivity contribution in [2.24, 2.45) is 11.8 Å². The summed E-state index contributed by atoms with van der Waals surface area (Å²) in [7, 11) is -3.45. The number of nitrogens with zero attached hydrogens (tertiary/aromatic N) is 1. The van der Waals surface area contributed by atoms with Gasteiger partial charge in [0.1, 0.15) is 0 Å². The van der Waals surface area contributed by atoms with Gasteiger partial charge in [-0.2, -0.15) is 4.31 Å². The van der Waals surface area contributed by atoms with E-state index in [-0.39, 0.29) is 5.92 Å². The van der Waals surface area contributed by atoms with Crippen LogP contribution in [0, 0.1) is 11.8 Å². The molecule has 1 aliphatic carbocycles. The maximum atomic E-state index is 13.1. The normalized spacial score (nSPS) is 22.5. The molecule has 1 atom stereocenters. The number of hydrogen-bond acceptors (Lipinski definition) is 2. The Morgan fingerprint density at radius 3 is 2.46 bits per heavy atom. The van der Waals surface area contributed by atoms with Crippen LogP contribution in [0.2, 0.25) is 0 Å². The first kappa shape index (κ1) is 17.8. The number of halogens is 1. The molecule has 1 fully saturated rings. The summed E-state index contributed by atoms with van der Waals surface area (Å²) < 4.78 is 27.7. The molecular weight excluding hydrogens is 366 g/mol. The fourth-order valence-electron chi connectivity index (χ4n) is 3.97. The average molecular weight is 388 g/mol. The molecule has 1 unspecified atom stereocenters. The van der Waals surface area contributed by atoms with E-state index in [2.05, 4.69) is 18.2 Å². The van der Waals surface area contributed by atoms with Gasteiger partial charge in [0.05, 0.1) is 4.90 Å². The number of hydrogen-bond donors (Lipinski definition) is 0. The second kappa shape index (κ2) is 7.18. The van der Waals surface area contributed by atoms with Gasteiger partial charge in [-0.1, -0.05) is 60.2 Å². The third-order valence-electron chi connectivity index (χ3n) is 5.48. The van der Waals surface area contributed by atoms with Crippen LogP contribution >= 0.6 is 11.6 Å². The molecule has 1 aliphatic heterocycles. The molecular formula is C21H22ClNO2S. The van der Waals surface area contributed by atoms with E-state index in [0.717, 1.165) is 35.1 Å². The summed E-state index contributed by atoms with van der Waals surface area (Å²) in [6, 6.07) is 13.2. The Labute approximate surface area is 160 Å². The molecule has 5 heteroatoms. The maximum Gasteiger partial charge on any atom is 0.243 e. The van der Waals surface area contributed by atoms with Crippen LogP contribution in [0.1, 0.15) is 19.3 Å². The van der Waals surface area contributed by atoms with Gasteiger partial charge in [-0.15, -0.1) is 0 Å². The zero-order chi connectivity index (χ0) is 18.1. The molecule has 2 aromatic rings. The standard InChI is InChI=1S/C21H22ClNO2S/c22-21-8-4-3-7-20(21)17-11-13-23(14-12-17)26(24,25)19-10-9-16-5-1-2-6-18(16)15-19/h1-3,5-10,15,17,20H,4,11-14H2. The lowest BCUT2D eigenvalue weighted by atomic mass is 9.82. The minimum absolute atomic E-state index is 0.246. The molecule has 1 heterocycles. The van der Waals surface area contributed by atoms with Crippen molar-refractivity contribution in [1.29, 1.82) is 0 Å². The smallest absolute Gasteiger partial charge is 0.207 e. The van der Waals surface area contributed by atoms with Crippen molar-refractivity contribution in [2.45, 2.75) is 24.2 Å². The van der Waals surface area contributed by atoms with Gasteiger partial charge >= 0.3 is 0 Å². The van der Waals surface area contributed by atoms with Crippen molar-refractivity contribution >= 4 is 32.4 Å². The third-order valence-corrected chi connectivity index (χ3v) is 7.78. The number of fused-ring (bicyclic) bond motifs is 1. The summed E-state index contributed by atoms with van der Waals surface area (Å²) in [5.41, 5.74) is 0. The van der Waals surface area contributed by atoms with E-state index in [1.54, 1.807) is 16.4 Å². The number of sulfonamides is 1. The van der Waals surface area contributed by atoms with Crippen LogP contribution in [0.3, 0.4) is 0 Å². The SMILES string of the molecule is O=S(=O)(c1ccc2ccccc2c1)N1CCC(C2C=CCC=C2Cl)CC1. The van der Waals surface area contributed by atoms with Gasteiger partial charge in [-0.25, -0.2) is 8.42 Å². The average Bonchev–Trinajstić information content (AvgIpc) is 2.68. The lowest BCUT2D eigenvalue weighted by Gasteiger charge is -2.35. The fraction of sp³-hybridized carbons (Fsp3) is 0.333. The van der Waals surface area contributed by atoms with Gasteiger partial charge in [0.15, 0.2) is 0 Å².